The van der Waals surface area contributed by atoms with Crippen LogP contribution >= 0.6 is 0 Å². The number of nitrogens with zero attached hydrogens (tertiary/aromatic N) is 5. The molecule has 2 heterocycles. The van der Waals surface area contributed by atoms with Crippen LogP contribution in [0.3, 0.4) is 0 Å². The van der Waals surface area contributed by atoms with Crippen molar-refractivity contribution in [1.29, 1.82) is 0 Å². The van der Waals surface area contributed by atoms with Crippen LogP contribution in [0.15, 0.2) is 67.0 Å². The molecule has 0 aliphatic heterocycles. The van der Waals surface area contributed by atoms with Gasteiger partial charge >= 0.3 is 0 Å². The molecule has 11 nitrogen and oxygen atoms in total. The van der Waals surface area contributed by atoms with E-state index in [0.717, 1.165) is 22.3 Å². The average molecular weight is 528 g/mol. The van der Waals surface area contributed by atoms with Gasteiger partial charge in [0.1, 0.15) is 12.1 Å². The minimum absolute atomic E-state index is 0.0508. The summed E-state index contributed by atoms with van der Waals surface area (Å²) in [6, 6.07) is 19.2. The summed E-state index contributed by atoms with van der Waals surface area (Å²) in [6.07, 6.45) is 1.45. The van der Waals surface area contributed by atoms with Crippen molar-refractivity contribution in [3.8, 4) is 28.9 Å². The first-order valence-corrected chi connectivity index (χ1v) is 12.2. The summed E-state index contributed by atoms with van der Waals surface area (Å²) in [5.74, 6) is 3.65. The van der Waals surface area contributed by atoms with E-state index in [2.05, 4.69) is 27.5 Å². The number of methoxy groups -OCH3 is 4. The van der Waals surface area contributed by atoms with Crippen LogP contribution in [0.25, 0.3) is 17.0 Å². The second-order valence-electron chi connectivity index (χ2n) is 8.55. The molecule has 5 aromatic rings. The molecule has 0 radical (unpaired) electrons. The number of nitrogens with one attached hydrogen (secondary N) is 2. The van der Waals surface area contributed by atoms with Crippen LogP contribution in [-0.2, 0) is 0 Å². The third-order valence-electron chi connectivity index (χ3n) is 6.20. The Balaban J connectivity index is 1.50. The highest BCUT2D eigenvalue weighted by Gasteiger charge is 2.19. The molecular weight excluding hydrogens is 498 g/mol. The van der Waals surface area contributed by atoms with Crippen LogP contribution in [0, 0.1) is 0 Å². The first kappa shape index (κ1) is 25.6. The normalized spacial score (nSPS) is 11.6. The number of hydrogen-bond donors (Lipinski definition) is 2. The highest BCUT2D eigenvalue weighted by molar-refractivity contribution is 5.80. The van der Waals surface area contributed by atoms with Gasteiger partial charge in [0.25, 0.3) is 0 Å². The molecule has 2 N–H and O–H groups in total. The molecular formula is C28H29N7O4. The second-order valence-corrected chi connectivity index (χ2v) is 8.55. The van der Waals surface area contributed by atoms with Crippen LogP contribution in [0.4, 0.5) is 17.6 Å². The Bertz CT molecular complexity index is 1560. The van der Waals surface area contributed by atoms with Crippen LogP contribution < -0.4 is 29.6 Å². The summed E-state index contributed by atoms with van der Waals surface area (Å²) < 4.78 is 23.5. The fourth-order valence-corrected chi connectivity index (χ4v) is 4.23. The Hall–Kier alpha value is -5.06. The summed E-state index contributed by atoms with van der Waals surface area (Å²) in [6.45, 7) is 2.07. The van der Waals surface area contributed by atoms with Crippen LogP contribution in [-0.4, -0.2) is 52.9 Å². The molecule has 0 aliphatic rings. The van der Waals surface area contributed by atoms with E-state index in [1.165, 1.54) is 6.33 Å². The van der Waals surface area contributed by atoms with Crippen LogP contribution in [0.1, 0.15) is 18.5 Å². The second kappa shape index (κ2) is 11.1. The Kier molecular flexibility index (Phi) is 7.30. The molecule has 11 heteroatoms. The average Bonchev–Trinajstić information content (AvgIpc) is 3.34. The molecule has 5 rings (SSSR count). The van der Waals surface area contributed by atoms with Crippen LogP contribution in [0.5, 0.6) is 23.0 Å². The summed E-state index contributed by atoms with van der Waals surface area (Å²) in [5, 5.41) is 6.72. The van der Waals surface area contributed by atoms with Gasteiger partial charge in [0.05, 0.1) is 45.5 Å². The summed E-state index contributed by atoms with van der Waals surface area (Å²) in [5.41, 5.74) is 3.40. The highest BCUT2D eigenvalue weighted by atomic mass is 16.5. The van der Waals surface area contributed by atoms with Crippen molar-refractivity contribution in [2.24, 2.45) is 0 Å². The lowest BCUT2D eigenvalue weighted by molar-refractivity contribution is 0.324. The van der Waals surface area contributed by atoms with Crippen molar-refractivity contribution in [2.45, 2.75) is 13.0 Å². The van der Waals surface area contributed by atoms with Crippen molar-refractivity contribution in [3.05, 3.63) is 72.6 Å². The van der Waals surface area contributed by atoms with Crippen molar-refractivity contribution >= 4 is 28.6 Å². The van der Waals surface area contributed by atoms with E-state index in [-0.39, 0.29) is 6.04 Å². The number of rotatable bonds is 10. The number of hydrogen-bond acceptors (Lipinski definition) is 10. The van der Waals surface area contributed by atoms with Gasteiger partial charge in [0.2, 0.25) is 23.6 Å². The first-order chi connectivity index (χ1) is 19.0. The van der Waals surface area contributed by atoms with Gasteiger partial charge in [-0.1, -0.05) is 24.3 Å². The van der Waals surface area contributed by atoms with Gasteiger partial charge in [-0.3, -0.25) is 0 Å². The molecule has 0 saturated heterocycles. The minimum Gasteiger partial charge on any atom is -0.497 e. The number of anilines is 3. The highest BCUT2D eigenvalue weighted by Crippen LogP contribution is 2.40. The van der Waals surface area contributed by atoms with E-state index in [4.69, 9.17) is 28.9 Å². The minimum atomic E-state index is -0.0508. The Labute approximate surface area is 225 Å². The van der Waals surface area contributed by atoms with E-state index in [1.54, 1.807) is 40.6 Å². The van der Waals surface area contributed by atoms with Gasteiger partial charge in [0.15, 0.2) is 11.5 Å². The van der Waals surface area contributed by atoms with Gasteiger partial charge in [-0.2, -0.15) is 4.98 Å². The van der Waals surface area contributed by atoms with Crippen molar-refractivity contribution in [2.75, 3.05) is 39.1 Å². The summed E-state index contributed by atoms with van der Waals surface area (Å²) in [4.78, 5) is 18.3. The Morgan fingerprint density at radius 1 is 0.795 bits per heavy atom. The maximum atomic E-state index is 5.46. The lowest BCUT2D eigenvalue weighted by Gasteiger charge is -2.17. The van der Waals surface area contributed by atoms with Gasteiger partial charge < -0.3 is 29.6 Å². The quantitative estimate of drug-likeness (QED) is 0.252. The molecule has 2 aromatic heterocycles. The maximum absolute atomic E-state index is 5.46. The zero-order valence-corrected chi connectivity index (χ0v) is 22.3. The summed E-state index contributed by atoms with van der Waals surface area (Å²) in [7, 11) is 6.34. The van der Waals surface area contributed by atoms with Crippen LogP contribution in [0.2, 0.25) is 0 Å². The van der Waals surface area contributed by atoms with Crippen molar-refractivity contribution in [3.63, 3.8) is 0 Å². The largest absolute Gasteiger partial charge is 0.497 e. The Morgan fingerprint density at radius 3 is 2.18 bits per heavy atom. The van der Waals surface area contributed by atoms with Crippen molar-refractivity contribution in [1.82, 2.24) is 24.5 Å². The van der Waals surface area contributed by atoms with Gasteiger partial charge in [-0.15, -0.1) is 0 Å². The first-order valence-electron chi connectivity index (χ1n) is 12.2. The topological polar surface area (TPSA) is 117 Å². The number of ether oxygens (including phenoxy) is 4. The molecule has 39 heavy (non-hydrogen) atoms. The number of fused-ring (bicyclic) bond motifs is 1. The van der Waals surface area contributed by atoms with E-state index < -0.39 is 0 Å². The fraction of sp³-hybridized carbons (Fsp3) is 0.214. The van der Waals surface area contributed by atoms with E-state index in [0.29, 0.717) is 40.8 Å². The molecule has 1 atom stereocenters. The van der Waals surface area contributed by atoms with Gasteiger partial charge in [-0.25, -0.2) is 19.5 Å². The predicted octanol–water partition coefficient (Wildman–Crippen LogP) is 5.16. The SMILES string of the molecule is COc1ccc(C(C)Nc2nc3ccccc3n2-c2ncnc(Nc3cc(OC)c(OC)c(OC)c3)n2)cc1. The van der Waals surface area contributed by atoms with E-state index >= 15 is 0 Å². The standard InChI is InChI=1S/C28H29N7O4/c1-17(18-10-12-20(36-2)13-11-18)31-28-33-21-8-6-7-9-22(21)35(28)27-30-16-29-26(34-27)32-19-14-23(37-3)25(39-5)24(15-19)38-4/h6-17H,1-5H3,(H,31,33)(H,29,30,32,34). The molecule has 1 unspecified atom stereocenters. The summed E-state index contributed by atoms with van der Waals surface area (Å²) >= 11 is 0. The number of para-hydroxylation sites is 2. The van der Waals surface area contributed by atoms with E-state index in [1.807, 2.05) is 53.1 Å². The molecule has 0 bridgehead atoms. The lowest BCUT2D eigenvalue weighted by atomic mass is 10.1. The number of benzene rings is 3. The molecule has 0 amide bonds. The number of imidazole rings is 1. The Morgan fingerprint density at radius 2 is 1.51 bits per heavy atom. The van der Waals surface area contributed by atoms with Gasteiger partial charge in [0, 0.05) is 17.8 Å². The third kappa shape index (κ3) is 5.19. The monoisotopic (exact) mass is 527 g/mol. The maximum Gasteiger partial charge on any atom is 0.241 e. The van der Waals surface area contributed by atoms with Gasteiger partial charge in [-0.05, 0) is 36.8 Å². The zero-order valence-electron chi connectivity index (χ0n) is 22.3. The van der Waals surface area contributed by atoms with Crippen molar-refractivity contribution < 1.29 is 18.9 Å². The third-order valence-corrected chi connectivity index (χ3v) is 6.20. The van der Waals surface area contributed by atoms with E-state index in [9.17, 15) is 0 Å². The molecule has 200 valence electrons. The smallest absolute Gasteiger partial charge is 0.241 e. The molecule has 3 aromatic carbocycles. The molecule has 0 spiro atoms. The molecule has 0 saturated carbocycles. The zero-order chi connectivity index (χ0) is 27.4. The predicted molar refractivity (Wildman–Crippen MR) is 149 cm³/mol. The fourth-order valence-electron chi connectivity index (χ4n) is 4.23. The lowest BCUT2D eigenvalue weighted by Crippen LogP contribution is -2.13. The molecule has 0 fully saturated rings. The number of aromatic nitrogens is 5. The molecule has 0 aliphatic carbocycles.